The number of rotatable bonds is 21. The molecule has 1 saturated carbocycles. The van der Waals surface area contributed by atoms with Gasteiger partial charge in [0.1, 0.15) is 29.1 Å². The number of nitrogens with one attached hydrogen (secondary N) is 3. The van der Waals surface area contributed by atoms with Gasteiger partial charge < -0.3 is 44.9 Å². The van der Waals surface area contributed by atoms with Crippen molar-refractivity contribution in [3.05, 3.63) is 45.9 Å². The van der Waals surface area contributed by atoms with Crippen molar-refractivity contribution in [3.63, 3.8) is 0 Å². The number of amides is 3. The van der Waals surface area contributed by atoms with Crippen LogP contribution >= 0.6 is 11.3 Å². The van der Waals surface area contributed by atoms with Crippen LogP contribution in [-0.2, 0) is 23.8 Å². The zero-order valence-electron chi connectivity index (χ0n) is 29.0. The summed E-state index contributed by atoms with van der Waals surface area (Å²) in [5.74, 6) is 0.181. The second kappa shape index (κ2) is 20.9. The van der Waals surface area contributed by atoms with E-state index in [9.17, 15) is 19.2 Å². The minimum Gasteiger partial charge on any atom is -0.491 e. The highest BCUT2D eigenvalue weighted by Crippen LogP contribution is 2.36. The van der Waals surface area contributed by atoms with Crippen LogP contribution in [0.25, 0.3) is 0 Å². The molecule has 2 aliphatic rings. The van der Waals surface area contributed by atoms with Gasteiger partial charge in [0.05, 0.1) is 51.7 Å². The molecule has 1 aliphatic carbocycles. The third kappa shape index (κ3) is 12.0. The summed E-state index contributed by atoms with van der Waals surface area (Å²) in [6.45, 7) is 5.02. The Labute approximate surface area is 297 Å². The highest BCUT2D eigenvalue weighted by atomic mass is 32.1. The zero-order valence-corrected chi connectivity index (χ0v) is 29.8. The Kier molecular flexibility index (Phi) is 16.4. The predicted molar refractivity (Wildman–Crippen MR) is 187 cm³/mol. The third-order valence-corrected chi connectivity index (χ3v) is 9.89. The number of likely N-dealkylation sites (tertiary alicyclic amines) is 1. The van der Waals surface area contributed by atoms with Gasteiger partial charge in [0, 0.05) is 24.0 Å². The van der Waals surface area contributed by atoms with Crippen LogP contribution in [0.4, 0.5) is 4.79 Å². The van der Waals surface area contributed by atoms with E-state index in [1.807, 2.05) is 4.90 Å². The fraction of sp³-hybridized carbons (Fsp3) is 0.629. The molecule has 2 heterocycles. The van der Waals surface area contributed by atoms with Crippen molar-refractivity contribution in [2.24, 2.45) is 5.92 Å². The molecule has 4 N–H and O–H groups in total. The van der Waals surface area contributed by atoms with E-state index in [1.165, 1.54) is 11.3 Å². The van der Waals surface area contributed by atoms with Gasteiger partial charge in [-0.05, 0) is 57.7 Å². The van der Waals surface area contributed by atoms with Crippen LogP contribution in [0, 0.1) is 5.92 Å². The molecule has 3 atom stereocenters. The van der Waals surface area contributed by atoms with E-state index in [2.05, 4.69) is 16.0 Å². The lowest BCUT2D eigenvalue weighted by Crippen LogP contribution is -2.55. The predicted octanol–water partition coefficient (Wildman–Crippen LogP) is 3.41. The molecule has 2 fully saturated rings. The maximum absolute atomic E-state index is 14.1. The first kappa shape index (κ1) is 39.2. The molecule has 4 rings (SSSR count). The summed E-state index contributed by atoms with van der Waals surface area (Å²) in [6, 6.07) is 5.73. The van der Waals surface area contributed by atoms with E-state index in [1.54, 1.807) is 43.6 Å². The number of carbonyl (C=O) groups excluding carboxylic acids is 3. The number of carbonyl (C=O) groups is 4. The summed E-state index contributed by atoms with van der Waals surface area (Å²) in [4.78, 5) is 57.3. The SMILES string of the molecule is CNC(C)C(=O)NC(C(=O)N1CCC[C@H]1c1nc(C(=O)c2cccc(OCCOCCOCCOCCNC(=O)O)c2)cs1)C1CCCCC1. The van der Waals surface area contributed by atoms with Gasteiger partial charge in [-0.1, -0.05) is 31.4 Å². The van der Waals surface area contributed by atoms with E-state index < -0.39 is 18.2 Å². The number of ketones is 1. The smallest absolute Gasteiger partial charge is 0.404 e. The van der Waals surface area contributed by atoms with Crippen LogP contribution in [0.2, 0.25) is 0 Å². The summed E-state index contributed by atoms with van der Waals surface area (Å²) < 4.78 is 22.0. The number of likely N-dealkylation sites (N-methyl/N-ethyl adjacent to an activating group) is 1. The highest BCUT2D eigenvalue weighted by molar-refractivity contribution is 7.10. The number of hydrogen-bond acceptors (Lipinski definition) is 11. The number of nitrogens with zero attached hydrogens (tertiary/aromatic N) is 2. The van der Waals surface area contributed by atoms with Crippen molar-refractivity contribution in [1.29, 1.82) is 0 Å². The van der Waals surface area contributed by atoms with Crippen LogP contribution in [-0.4, -0.2) is 117 Å². The number of carboxylic acid groups (broad SMARTS) is 1. The van der Waals surface area contributed by atoms with Crippen molar-refractivity contribution in [2.45, 2.75) is 70.0 Å². The molecular weight excluding hydrogens is 666 g/mol. The largest absolute Gasteiger partial charge is 0.491 e. The molecule has 0 radical (unpaired) electrons. The van der Waals surface area contributed by atoms with Crippen LogP contribution in [0.3, 0.4) is 0 Å². The number of hydrogen-bond donors (Lipinski definition) is 4. The topological polar surface area (TPSA) is 178 Å². The molecule has 0 bridgehead atoms. The first-order valence-corrected chi connectivity index (χ1v) is 18.4. The Morgan fingerprint density at radius 2 is 1.66 bits per heavy atom. The van der Waals surface area contributed by atoms with Crippen LogP contribution in [0.5, 0.6) is 5.75 Å². The molecule has 50 heavy (non-hydrogen) atoms. The molecule has 0 spiro atoms. The molecular formula is C35H51N5O9S. The first-order valence-electron chi connectivity index (χ1n) is 17.5. The van der Waals surface area contributed by atoms with Crippen molar-refractivity contribution >= 4 is 35.0 Å². The monoisotopic (exact) mass is 717 g/mol. The summed E-state index contributed by atoms with van der Waals surface area (Å²) in [6.07, 6.45) is 5.60. The van der Waals surface area contributed by atoms with Gasteiger partial charge in [0.25, 0.3) is 0 Å². The van der Waals surface area contributed by atoms with Gasteiger partial charge in [-0.25, -0.2) is 9.78 Å². The molecule has 2 unspecified atom stereocenters. The van der Waals surface area contributed by atoms with Gasteiger partial charge >= 0.3 is 6.09 Å². The van der Waals surface area contributed by atoms with Crippen molar-refractivity contribution in [1.82, 2.24) is 25.8 Å². The maximum Gasteiger partial charge on any atom is 0.404 e. The molecule has 1 saturated heterocycles. The van der Waals surface area contributed by atoms with Crippen molar-refractivity contribution in [3.8, 4) is 5.75 Å². The Morgan fingerprint density at radius 3 is 2.36 bits per heavy atom. The second-order valence-electron chi connectivity index (χ2n) is 12.4. The summed E-state index contributed by atoms with van der Waals surface area (Å²) in [7, 11) is 1.73. The number of aromatic nitrogens is 1. The minimum absolute atomic E-state index is 0.0604. The Bertz CT molecular complexity index is 1390. The van der Waals surface area contributed by atoms with Crippen molar-refractivity contribution < 1.29 is 43.2 Å². The normalized spacial score (nSPS) is 17.6. The van der Waals surface area contributed by atoms with E-state index in [4.69, 9.17) is 29.0 Å². The average Bonchev–Trinajstić information content (AvgIpc) is 3.82. The maximum atomic E-state index is 14.1. The van der Waals surface area contributed by atoms with Crippen LogP contribution in [0.15, 0.2) is 29.6 Å². The molecule has 1 aromatic heterocycles. The fourth-order valence-electron chi connectivity index (χ4n) is 6.13. The van der Waals surface area contributed by atoms with Gasteiger partial charge in [0.15, 0.2) is 0 Å². The van der Waals surface area contributed by atoms with Gasteiger partial charge in [-0.2, -0.15) is 0 Å². The quantitative estimate of drug-likeness (QED) is 0.110. The first-order chi connectivity index (χ1) is 24.3. The van der Waals surface area contributed by atoms with E-state index >= 15 is 0 Å². The standard InChI is InChI=1S/C35H51N5O9S/c1-24(36-2)32(42)39-30(25-8-4-3-5-9-25)34(43)40-14-7-12-29(40)33-38-28(23-50-33)31(41)26-10-6-11-27(22-26)49-21-20-48-19-18-47-17-16-46-15-13-37-35(44)45/h6,10-11,22-25,29-30,36-37H,3-5,7-9,12-21H2,1-2H3,(H,39,42)(H,44,45)/t24?,29-,30?/m0/s1. The lowest BCUT2D eigenvalue weighted by atomic mass is 9.83. The Hall–Kier alpha value is -3.63. The Balaban J connectivity index is 1.24. The Morgan fingerprint density at radius 1 is 0.960 bits per heavy atom. The van der Waals surface area contributed by atoms with Crippen LogP contribution < -0.4 is 20.7 Å². The van der Waals surface area contributed by atoms with Crippen molar-refractivity contribution in [2.75, 3.05) is 66.4 Å². The third-order valence-electron chi connectivity index (χ3n) is 8.95. The molecule has 15 heteroatoms. The molecule has 3 amide bonds. The number of ether oxygens (including phenoxy) is 4. The zero-order chi connectivity index (χ0) is 35.7. The van der Waals surface area contributed by atoms with E-state index in [0.29, 0.717) is 63.2 Å². The van der Waals surface area contributed by atoms with E-state index in [-0.39, 0.29) is 42.7 Å². The molecule has 2 aromatic rings. The van der Waals surface area contributed by atoms with Gasteiger partial charge in [-0.15, -0.1) is 11.3 Å². The van der Waals surface area contributed by atoms with E-state index in [0.717, 1.165) is 50.0 Å². The lowest BCUT2D eigenvalue weighted by molar-refractivity contribution is -0.139. The number of thiazole rings is 1. The number of benzene rings is 1. The molecule has 1 aliphatic heterocycles. The highest BCUT2D eigenvalue weighted by Gasteiger charge is 2.40. The average molecular weight is 718 g/mol. The molecule has 14 nitrogen and oxygen atoms in total. The second-order valence-corrected chi connectivity index (χ2v) is 13.3. The summed E-state index contributed by atoms with van der Waals surface area (Å²) in [5, 5.41) is 19.2. The summed E-state index contributed by atoms with van der Waals surface area (Å²) in [5.41, 5.74) is 0.778. The minimum atomic E-state index is -1.08. The summed E-state index contributed by atoms with van der Waals surface area (Å²) >= 11 is 1.39. The fourth-order valence-corrected chi connectivity index (χ4v) is 7.08. The molecule has 276 valence electrons. The van der Waals surface area contributed by atoms with Gasteiger partial charge in [-0.3, -0.25) is 14.4 Å². The molecule has 1 aromatic carbocycles. The van der Waals surface area contributed by atoms with Gasteiger partial charge in [0.2, 0.25) is 17.6 Å². The van der Waals surface area contributed by atoms with Crippen LogP contribution in [0.1, 0.15) is 79.0 Å². The lowest BCUT2D eigenvalue weighted by Gasteiger charge is -2.35.